The van der Waals surface area contributed by atoms with Gasteiger partial charge in [0.05, 0.1) is 37.9 Å². The van der Waals surface area contributed by atoms with Crippen LogP contribution in [0.15, 0.2) is 12.2 Å². The van der Waals surface area contributed by atoms with E-state index >= 15 is 0 Å². The van der Waals surface area contributed by atoms with E-state index in [1.54, 1.807) is 6.08 Å². The molecule has 1 amide bonds. The average molecular weight is 747 g/mol. The summed E-state index contributed by atoms with van der Waals surface area (Å²) in [5.41, 5.74) is 5.35. The first kappa shape index (κ1) is 50.2. The van der Waals surface area contributed by atoms with E-state index in [9.17, 15) is 24.5 Å². The van der Waals surface area contributed by atoms with Crippen molar-refractivity contribution in [1.82, 2.24) is 5.32 Å². The monoisotopic (exact) mass is 747 g/mol. The van der Waals surface area contributed by atoms with Crippen molar-refractivity contribution in [1.29, 1.82) is 0 Å². The van der Waals surface area contributed by atoms with Gasteiger partial charge in [0, 0.05) is 6.54 Å². The molecule has 51 heavy (non-hydrogen) atoms. The molecule has 4 atom stereocenters. The van der Waals surface area contributed by atoms with Crippen LogP contribution in [0.4, 0.5) is 0 Å². The summed E-state index contributed by atoms with van der Waals surface area (Å²) in [7, 11) is -4.39. The number of nitrogens with one attached hydrogen (secondary N) is 1. The average Bonchev–Trinajstić information content (AvgIpc) is 3.10. The van der Waals surface area contributed by atoms with Crippen molar-refractivity contribution < 1.29 is 33.5 Å². The van der Waals surface area contributed by atoms with Gasteiger partial charge in [0.25, 0.3) is 0 Å². The molecule has 0 saturated heterocycles. The van der Waals surface area contributed by atoms with Crippen LogP contribution in [0.5, 0.6) is 0 Å². The normalized spacial score (nSPS) is 14.9. The molecule has 0 aromatic carbocycles. The van der Waals surface area contributed by atoms with Gasteiger partial charge in [0.1, 0.15) is 0 Å². The maximum absolute atomic E-state index is 12.7. The molecule has 0 aromatic heterocycles. The minimum atomic E-state index is -4.39. The third-order valence-corrected chi connectivity index (χ3v) is 10.7. The zero-order chi connectivity index (χ0) is 37.7. The molecule has 0 heterocycles. The van der Waals surface area contributed by atoms with Crippen LogP contribution in [0, 0.1) is 0 Å². The molecule has 0 aromatic rings. The fourth-order valence-corrected chi connectivity index (χ4v) is 7.17. The molecule has 0 saturated carbocycles. The summed E-state index contributed by atoms with van der Waals surface area (Å²) in [5, 5.41) is 23.9. The quantitative estimate of drug-likeness (QED) is 0.0236. The molecule has 6 N–H and O–H groups in total. The second kappa shape index (κ2) is 37.5. The fourth-order valence-electron chi connectivity index (χ4n) is 6.41. The van der Waals surface area contributed by atoms with Gasteiger partial charge >= 0.3 is 7.82 Å². The number of carbonyl (C=O) groups is 1. The van der Waals surface area contributed by atoms with Crippen LogP contribution in [0.25, 0.3) is 0 Å². The number of carbonyl (C=O) groups excluding carboxylic acids is 1. The van der Waals surface area contributed by atoms with Gasteiger partial charge in [0.15, 0.2) is 0 Å². The molecule has 0 spiro atoms. The number of hydrogen-bond donors (Lipinski definition) is 5. The Kier molecular flexibility index (Phi) is 36.9. The molecule has 0 bridgehead atoms. The Balaban J connectivity index is 4.27. The molecule has 9 nitrogen and oxygen atoms in total. The van der Waals surface area contributed by atoms with Gasteiger partial charge in [-0.3, -0.25) is 13.8 Å². The SMILES string of the molecule is CCCCCCCCCCCCCCCCCCCC/C=C/C(O)C(COP(=O)(O)OCCN)NC(=O)CC(O)CCCCCCCCCCC. The molecule has 0 aliphatic heterocycles. The van der Waals surface area contributed by atoms with Crippen LogP contribution >= 0.6 is 7.82 Å². The summed E-state index contributed by atoms with van der Waals surface area (Å²) in [6.45, 7) is 3.96. The van der Waals surface area contributed by atoms with E-state index in [1.165, 1.54) is 141 Å². The molecule has 0 radical (unpaired) electrons. The summed E-state index contributed by atoms with van der Waals surface area (Å²) >= 11 is 0. The highest BCUT2D eigenvalue weighted by Gasteiger charge is 2.27. The number of allylic oxidation sites excluding steroid dienone is 1. The van der Waals surface area contributed by atoms with E-state index in [1.807, 2.05) is 6.08 Å². The van der Waals surface area contributed by atoms with E-state index in [0.717, 1.165) is 38.5 Å². The molecule has 0 aliphatic carbocycles. The van der Waals surface area contributed by atoms with Gasteiger partial charge in [-0.2, -0.15) is 0 Å². The first-order valence-electron chi connectivity index (χ1n) is 21.4. The summed E-state index contributed by atoms with van der Waals surface area (Å²) in [6.07, 6.45) is 37.3. The van der Waals surface area contributed by atoms with Gasteiger partial charge in [-0.25, -0.2) is 4.57 Å². The Morgan fingerprint density at radius 2 is 1.08 bits per heavy atom. The summed E-state index contributed by atoms with van der Waals surface area (Å²) in [4.78, 5) is 22.7. The summed E-state index contributed by atoms with van der Waals surface area (Å²) < 4.78 is 22.0. The predicted molar refractivity (Wildman–Crippen MR) is 214 cm³/mol. The van der Waals surface area contributed by atoms with Crippen molar-refractivity contribution >= 4 is 13.7 Å². The lowest BCUT2D eigenvalue weighted by molar-refractivity contribution is -0.124. The topological polar surface area (TPSA) is 151 Å². The molecule has 304 valence electrons. The lowest BCUT2D eigenvalue weighted by Crippen LogP contribution is -2.46. The maximum atomic E-state index is 12.7. The minimum Gasteiger partial charge on any atom is -0.393 e. The van der Waals surface area contributed by atoms with Crippen LogP contribution in [-0.4, -0.2) is 59.0 Å². The molecule has 0 fully saturated rings. The smallest absolute Gasteiger partial charge is 0.393 e. The predicted octanol–water partition coefficient (Wildman–Crippen LogP) is 10.6. The van der Waals surface area contributed by atoms with Gasteiger partial charge in [-0.05, 0) is 19.3 Å². The van der Waals surface area contributed by atoms with E-state index in [2.05, 4.69) is 19.2 Å². The fraction of sp³-hybridized carbons (Fsp3) is 0.927. The number of rotatable bonds is 40. The first-order chi connectivity index (χ1) is 24.8. The Hall–Kier alpha value is -0.800. The highest BCUT2D eigenvalue weighted by molar-refractivity contribution is 7.47. The van der Waals surface area contributed by atoms with Crippen LogP contribution < -0.4 is 11.1 Å². The number of unbranched alkanes of at least 4 members (excludes halogenated alkanes) is 26. The number of nitrogens with two attached hydrogens (primary N) is 1. The zero-order valence-electron chi connectivity index (χ0n) is 33.2. The molecule has 10 heteroatoms. The Bertz CT molecular complexity index is 832. The lowest BCUT2D eigenvalue weighted by Gasteiger charge is -2.24. The van der Waals surface area contributed by atoms with Crippen molar-refractivity contribution in [3.63, 3.8) is 0 Å². The number of aliphatic hydroxyl groups excluding tert-OH is 2. The Morgan fingerprint density at radius 1 is 0.667 bits per heavy atom. The lowest BCUT2D eigenvalue weighted by atomic mass is 10.0. The van der Waals surface area contributed by atoms with Crippen molar-refractivity contribution in [2.45, 2.75) is 225 Å². The number of aliphatic hydroxyl groups is 2. The second-order valence-electron chi connectivity index (χ2n) is 14.8. The largest absolute Gasteiger partial charge is 0.472 e. The highest BCUT2D eigenvalue weighted by atomic mass is 31.2. The van der Waals surface area contributed by atoms with Crippen LogP contribution in [0.3, 0.4) is 0 Å². The highest BCUT2D eigenvalue weighted by Crippen LogP contribution is 2.43. The second-order valence-corrected chi connectivity index (χ2v) is 16.2. The first-order valence-corrected chi connectivity index (χ1v) is 22.9. The molecular formula is C41H83N2O7P. The van der Waals surface area contributed by atoms with E-state index in [0.29, 0.717) is 6.42 Å². The van der Waals surface area contributed by atoms with E-state index in [-0.39, 0.29) is 19.6 Å². The van der Waals surface area contributed by atoms with Crippen LogP contribution in [0.1, 0.15) is 206 Å². The number of amides is 1. The van der Waals surface area contributed by atoms with Crippen molar-refractivity contribution in [3.8, 4) is 0 Å². The Morgan fingerprint density at radius 3 is 1.51 bits per heavy atom. The third-order valence-electron chi connectivity index (χ3n) is 9.67. The van der Waals surface area contributed by atoms with Gasteiger partial charge < -0.3 is 26.2 Å². The summed E-state index contributed by atoms with van der Waals surface area (Å²) in [6, 6.07) is -0.976. The number of hydrogen-bond acceptors (Lipinski definition) is 7. The van der Waals surface area contributed by atoms with Crippen LogP contribution in [-0.2, 0) is 18.4 Å². The molecular weight excluding hydrogens is 663 g/mol. The molecule has 0 aliphatic rings. The number of phosphoric ester groups is 1. The third kappa shape index (κ3) is 36.0. The van der Waals surface area contributed by atoms with Gasteiger partial charge in [-0.1, -0.05) is 193 Å². The van der Waals surface area contributed by atoms with Crippen molar-refractivity contribution in [3.05, 3.63) is 12.2 Å². The van der Waals surface area contributed by atoms with E-state index in [4.69, 9.17) is 14.8 Å². The zero-order valence-corrected chi connectivity index (χ0v) is 34.1. The van der Waals surface area contributed by atoms with Gasteiger partial charge in [0.2, 0.25) is 5.91 Å². The maximum Gasteiger partial charge on any atom is 0.472 e. The summed E-state index contributed by atoms with van der Waals surface area (Å²) in [5.74, 6) is -0.446. The molecule has 4 unspecified atom stereocenters. The van der Waals surface area contributed by atoms with Crippen molar-refractivity contribution in [2.24, 2.45) is 5.73 Å². The van der Waals surface area contributed by atoms with Crippen LogP contribution in [0.2, 0.25) is 0 Å². The van der Waals surface area contributed by atoms with Gasteiger partial charge in [-0.15, -0.1) is 0 Å². The van der Waals surface area contributed by atoms with Crippen molar-refractivity contribution in [2.75, 3.05) is 19.8 Å². The number of phosphoric acid groups is 1. The Labute approximate surface area is 314 Å². The molecule has 0 rings (SSSR count). The standard InChI is InChI=1S/C41H83N2O7P/c1-3-5-7-9-11-13-14-15-16-17-18-19-20-21-22-23-25-27-29-31-33-40(45)39(37-50-51(47,48)49-35-34-42)43-41(46)36-38(44)32-30-28-26-24-12-10-8-6-4-2/h31,33,38-40,44-45H,3-30,32,34-37,42H2,1-2H3,(H,43,46)(H,47,48)/b33-31+. The minimum absolute atomic E-state index is 0.0513. The van der Waals surface area contributed by atoms with E-state index < -0.39 is 38.6 Å².